The van der Waals surface area contributed by atoms with Crippen LogP contribution < -0.4 is 4.74 Å². The Hall–Kier alpha value is -2.57. The number of hydrogen-bond donors (Lipinski definition) is 1. The Morgan fingerprint density at radius 2 is 1.92 bits per heavy atom. The van der Waals surface area contributed by atoms with Crippen LogP contribution in [0.15, 0.2) is 61.2 Å². The third kappa shape index (κ3) is 3.98. The molecule has 0 bridgehead atoms. The quantitative estimate of drug-likeness (QED) is 0.736. The fraction of sp³-hybridized carbons (Fsp3) is 0.350. The zero-order chi connectivity index (χ0) is 17.9. The van der Waals surface area contributed by atoms with Gasteiger partial charge in [-0.25, -0.2) is 0 Å². The molecule has 0 amide bonds. The summed E-state index contributed by atoms with van der Waals surface area (Å²) in [5.41, 5.74) is 2.44. The zero-order valence-corrected chi connectivity index (χ0v) is 14.9. The van der Waals surface area contributed by atoms with Crippen molar-refractivity contribution >= 4 is 0 Å². The van der Waals surface area contributed by atoms with E-state index in [1.54, 1.807) is 6.20 Å². The first-order valence-electron chi connectivity index (χ1n) is 8.90. The van der Waals surface area contributed by atoms with Crippen molar-refractivity contribution in [3.63, 3.8) is 0 Å². The van der Waals surface area contributed by atoms with Crippen LogP contribution in [0, 0.1) is 0 Å². The van der Waals surface area contributed by atoms with Crippen LogP contribution in [0.1, 0.15) is 11.1 Å². The van der Waals surface area contributed by atoms with Gasteiger partial charge in [0, 0.05) is 39.1 Å². The largest absolute Gasteiger partial charge is 0.483 e. The number of aromatic nitrogens is 3. The zero-order valence-electron chi connectivity index (χ0n) is 14.9. The average Bonchev–Trinajstić information content (AvgIpc) is 3.32. The minimum atomic E-state index is -0.490. The van der Waals surface area contributed by atoms with Gasteiger partial charge in [0.1, 0.15) is 12.2 Å². The van der Waals surface area contributed by atoms with Crippen LogP contribution in [-0.4, -0.2) is 49.7 Å². The van der Waals surface area contributed by atoms with E-state index in [2.05, 4.69) is 34.4 Å². The lowest BCUT2D eigenvalue weighted by Crippen LogP contribution is -2.29. The Balaban J connectivity index is 1.34. The van der Waals surface area contributed by atoms with Gasteiger partial charge in [-0.05, 0) is 17.2 Å². The standard InChI is InChI=1S/C20H24N4O2/c1-22-8-7-17(10-22)11-23-14-19(25)20(15-23)26-18-9-21-24(13-18)12-16-5-3-2-4-6-16/h2-10,13,19-20,25H,11-12,14-15H2,1H3/t19-,20-/m1/s1. The summed E-state index contributed by atoms with van der Waals surface area (Å²) >= 11 is 0. The number of nitrogens with zero attached hydrogens (tertiary/aromatic N) is 4. The summed E-state index contributed by atoms with van der Waals surface area (Å²) in [4.78, 5) is 2.22. The Morgan fingerprint density at radius 3 is 2.69 bits per heavy atom. The molecule has 0 aliphatic carbocycles. The first kappa shape index (κ1) is 16.9. The van der Waals surface area contributed by atoms with Gasteiger partial charge >= 0.3 is 0 Å². The third-order valence-corrected chi connectivity index (χ3v) is 4.70. The maximum absolute atomic E-state index is 10.3. The van der Waals surface area contributed by atoms with Gasteiger partial charge in [0.25, 0.3) is 0 Å². The number of β-amino-alcohol motifs (C(OH)–C–C–N with tert-alkyl or cyclic N) is 1. The number of ether oxygens (including phenoxy) is 1. The predicted molar refractivity (Wildman–Crippen MR) is 98.9 cm³/mol. The van der Waals surface area contributed by atoms with Crippen LogP contribution in [0.3, 0.4) is 0 Å². The Morgan fingerprint density at radius 1 is 1.08 bits per heavy atom. The van der Waals surface area contributed by atoms with E-state index >= 15 is 0 Å². The molecule has 0 unspecified atom stereocenters. The molecule has 3 aromatic rings. The molecule has 1 aliphatic heterocycles. The second kappa shape index (κ2) is 7.35. The molecule has 2 atom stereocenters. The van der Waals surface area contributed by atoms with Crippen LogP contribution >= 0.6 is 0 Å². The van der Waals surface area contributed by atoms with Crippen LogP contribution in [0.4, 0.5) is 0 Å². The molecule has 1 N–H and O–H groups in total. The molecule has 6 heteroatoms. The maximum Gasteiger partial charge on any atom is 0.157 e. The minimum Gasteiger partial charge on any atom is -0.483 e. The molecule has 0 radical (unpaired) electrons. The van der Waals surface area contributed by atoms with Crippen molar-refractivity contribution in [2.75, 3.05) is 13.1 Å². The highest BCUT2D eigenvalue weighted by atomic mass is 16.5. The van der Waals surface area contributed by atoms with Gasteiger partial charge < -0.3 is 14.4 Å². The summed E-state index contributed by atoms with van der Waals surface area (Å²) in [6.07, 6.45) is 7.03. The molecule has 0 saturated carbocycles. The SMILES string of the molecule is Cn1ccc(CN2C[C@@H](O)[C@H](Oc3cnn(Cc4ccccc4)c3)C2)c1. The van der Waals surface area contributed by atoms with Gasteiger partial charge in [-0.3, -0.25) is 9.58 Å². The lowest BCUT2D eigenvalue weighted by Gasteiger charge is -2.15. The number of hydrogen-bond acceptors (Lipinski definition) is 4. The molecule has 136 valence electrons. The minimum absolute atomic E-state index is 0.229. The van der Waals surface area contributed by atoms with Crippen molar-refractivity contribution < 1.29 is 9.84 Å². The molecule has 1 aliphatic rings. The number of aliphatic hydroxyl groups is 1. The van der Waals surface area contributed by atoms with Crippen LogP contribution in [0.2, 0.25) is 0 Å². The first-order valence-corrected chi connectivity index (χ1v) is 8.90. The summed E-state index contributed by atoms with van der Waals surface area (Å²) in [5.74, 6) is 0.701. The lowest BCUT2D eigenvalue weighted by molar-refractivity contribution is 0.0736. The molecule has 1 saturated heterocycles. The molecule has 0 spiro atoms. The molecule has 6 nitrogen and oxygen atoms in total. The third-order valence-electron chi connectivity index (χ3n) is 4.70. The Kier molecular flexibility index (Phi) is 4.77. The fourth-order valence-electron chi connectivity index (χ4n) is 3.43. The molecule has 2 aromatic heterocycles. The summed E-state index contributed by atoms with van der Waals surface area (Å²) < 4.78 is 9.89. The molecule has 1 fully saturated rings. The topological polar surface area (TPSA) is 55.4 Å². The van der Waals surface area contributed by atoms with E-state index in [0.717, 1.165) is 6.54 Å². The van der Waals surface area contributed by atoms with Crippen molar-refractivity contribution in [1.82, 2.24) is 19.2 Å². The normalized spacial score (nSPS) is 20.5. The number of benzene rings is 1. The first-order chi connectivity index (χ1) is 12.7. The highest BCUT2D eigenvalue weighted by Gasteiger charge is 2.33. The van der Waals surface area contributed by atoms with Gasteiger partial charge in [-0.15, -0.1) is 0 Å². The van der Waals surface area contributed by atoms with Crippen LogP contribution in [0.5, 0.6) is 5.75 Å². The van der Waals surface area contributed by atoms with E-state index in [1.165, 1.54) is 11.1 Å². The smallest absolute Gasteiger partial charge is 0.157 e. The van der Waals surface area contributed by atoms with Crippen molar-refractivity contribution in [2.24, 2.45) is 7.05 Å². The van der Waals surface area contributed by atoms with E-state index in [0.29, 0.717) is 25.4 Å². The number of aryl methyl sites for hydroxylation is 1. The predicted octanol–water partition coefficient (Wildman–Crippen LogP) is 1.89. The van der Waals surface area contributed by atoms with Gasteiger partial charge in [-0.2, -0.15) is 5.10 Å². The summed E-state index contributed by atoms with van der Waals surface area (Å²) in [7, 11) is 2.02. The van der Waals surface area contributed by atoms with Crippen LogP contribution in [0.25, 0.3) is 0 Å². The van der Waals surface area contributed by atoms with Gasteiger partial charge in [-0.1, -0.05) is 30.3 Å². The summed E-state index contributed by atoms with van der Waals surface area (Å²) in [5, 5.41) is 14.7. The second-order valence-electron chi connectivity index (χ2n) is 6.96. The van der Waals surface area contributed by atoms with Crippen molar-refractivity contribution in [2.45, 2.75) is 25.3 Å². The molecule has 26 heavy (non-hydrogen) atoms. The van der Waals surface area contributed by atoms with E-state index in [1.807, 2.05) is 46.9 Å². The van der Waals surface area contributed by atoms with Crippen molar-refractivity contribution in [1.29, 1.82) is 0 Å². The molecule has 1 aromatic carbocycles. The summed E-state index contributed by atoms with van der Waals surface area (Å²) in [6, 6.07) is 12.3. The fourth-order valence-corrected chi connectivity index (χ4v) is 3.43. The molecule has 3 heterocycles. The lowest BCUT2D eigenvalue weighted by atomic mass is 10.2. The van der Waals surface area contributed by atoms with Gasteiger partial charge in [0.05, 0.1) is 18.9 Å². The molecular weight excluding hydrogens is 328 g/mol. The van der Waals surface area contributed by atoms with E-state index in [-0.39, 0.29) is 6.10 Å². The van der Waals surface area contributed by atoms with E-state index in [9.17, 15) is 5.11 Å². The van der Waals surface area contributed by atoms with Gasteiger partial charge in [0.2, 0.25) is 0 Å². The monoisotopic (exact) mass is 352 g/mol. The highest BCUT2D eigenvalue weighted by molar-refractivity contribution is 5.18. The van der Waals surface area contributed by atoms with Crippen molar-refractivity contribution in [3.05, 3.63) is 72.3 Å². The average molecular weight is 352 g/mol. The number of aliphatic hydroxyl groups excluding tert-OH is 1. The van der Waals surface area contributed by atoms with E-state index in [4.69, 9.17) is 4.74 Å². The molecular formula is C20H24N4O2. The summed E-state index contributed by atoms with van der Waals surface area (Å²) in [6.45, 7) is 2.86. The second-order valence-corrected chi connectivity index (χ2v) is 6.96. The van der Waals surface area contributed by atoms with Gasteiger partial charge in [0.15, 0.2) is 5.75 Å². The number of likely N-dealkylation sites (tertiary alicyclic amines) is 1. The Bertz CT molecular complexity index is 842. The van der Waals surface area contributed by atoms with E-state index < -0.39 is 6.10 Å². The number of rotatable bonds is 6. The maximum atomic E-state index is 10.3. The highest BCUT2D eigenvalue weighted by Crippen LogP contribution is 2.20. The van der Waals surface area contributed by atoms with Crippen LogP contribution in [-0.2, 0) is 20.1 Å². The molecule has 4 rings (SSSR count). The van der Waals surface area contributed by atoms with Crippen molar-refractivity contribution in [3.8, 4) is 5.75 Å². The Labute approximate surface area is 153 Å².